The third-order valence-electron chi connectivity index (χ3n) is 1.48. The quantitative estimate of drug-likeness (QED) is 0.896. The van der Waals surface area contributed by atoms with Crippen LogP contribution in [0, 0.1) is 0 Å². The van der Waals surface area contributed by atoms with Crippen LogP contribution in [0.1, 0.15) is 5.76 Å². The number of aromatic nitrogens is 2. The summed E-state index contributed by atoms with van der Waals surface area (Å²) in [5.41, 5.74) is 5.37. The van der Waals surface area contributed by atoms with Gasteiger partial charge in [-0.2, -0.15) is 9.36 Å². The van der Waals surface area contributed by atoms with Gasteiger partial charge in [-0.3, -0.25) is 0 Å². The van der Waals surface area contributed by atoms with Gasteiger partial charge in [-0.15, -0.1) is 0 Å². The number of anilines is 2. The van der Waals surface area contributed by atoms with E-state index in [-0.39, 0.29) is 5.95 Å². The molecule has 3 N–H and O–H groups in total. The summed E-state index contributed by atoms with van der Waals surface area (Å²) < 4.78 is 9.85. The number of furan rings is 1. The molecular formula is C7H7BrN4OS. The van der Waals surface area contributed by atoms with Crippen LogP contribution in [0.25, 0.3) is 0 Å². The van der Waals surface area contributed by atoms with Crippen LogP contribution in [0.15, 0.2) is 21.2 Å². The molecule has 7 heteroatoms. The van der Waals surface area contributed by atoms with Crippen molar-refractivity contribution in [1.82, 2.24) is 9.36 Å². The van der Waals surface area contributed by atoms with Gasteiger partial charge in [0.25, 0.3) is 0 Å². The molecule has 0 aliphatic rings. The SMILES string of the molecule is Nc1nsc(NCc2ccc(Br)o2)n1. The second kappa shape index (κ2) is 3.97. The number of hydrogen-bond acceptors (Lipinski definition) is 6. The summed E-state index contributed by atoms with van der Waals surface area (Å²) in [5, 5.41) is 3.74. The van der Waals surface area contributed by atoms with Gasteiger partial charge in [-0.25, -0.2) is 0 Å². The highest BCUT2D eigenvalue weighted by molar-refractivity contribution is 9.10. The summed E-state index contributed by atoms with van der Waals surface area (Å²) in [5.74, 6) is 1.11. The standard InChI is InChI=1S/C7H7BrN4OS/c8-5-2-1-4(13-5)3-10-7-11-6(9)12-14-7/h1-2H,3H2,(H3,9,10,11,12). The van der Waals surface area contributed by atoms with Crippen molar-refractivity contribution in [1.29, 1.82) is 0 Å². The van der Waals surface area contributed by atoms with Crippen LogP contribution >= 0.6 is 27.5 Å². The normalized spacial score (nSPS) is 10.4. The lowest BCUT2D eigenvalue weighted by Gasteiger charge is -1.96. The predicted octanol–water partition coefficient (Wildman–Crippen LogP) is 2.09. The Balaban J connectivity index is 1.94. The van der Waals surface area contributed by atoms with E-state index < -0.39 is 0 Å². The number of nitrogens with two attached hydrogens (primary N) is 1. The third-order valence-corrected chi connectivity index (χ3v) is 2.60. The molecule has 2 heterocycles. The highest BCUT2D eigenvalue weighted by Crippen LogP contribution is 2.17. The van der Waals surface area contributed by atoms with E-state index in [9.17, 15) is 0 Å². The minimum absolute atomic E-state index is 0.290. The molecule has 0 spiro atoms. The molecule has 14 heavy (non-hydrogen) atoms. The molecule has 0 aliphatic heterocycles. The zero-order valence-corrected chi connectivity index (χ0v) is 9.43. The van der Waals surface area contributed by atoms with Crippen LogP contribution in [0.3, 0.4) is 0 Å². The van der Waals surface area contributed by atoms with E-state index in [0.29, 0.717) is 16.3 Å². The van der Waals surface area contributed by atoms with E-state index in [1.807, 2.05) is 12.1 Å². The lowest BCUT2D eigenvalue weighted by molar-refractivity contribution is 0.495. The number of hydrogen-bond donors (Lipinski definition) is 2. The zero-order valence-electron chi connectivity index (χ0n) is 7.03. The first kappa shape index (κ1) is 9.47. The maximum absolute atomic E-state index is 5.37. The van der Waals surface area contributed by atoms with Crippen molar-refractivity contribution >= 4 is 38.5 Å². The molecule has 0 amide bonds. The van der Waals surface area contributed by atoms with Crippen molar-refractivity contribution in [3.63, 3.8) is 0 Å². The van der Waals surface area contributed by atoms with Gasteiger partial charge in [0.05, 0.1) is 6.54 Å². The summed E-state index contributed by atoms with van der Waals surface area (Å²) in [7, 11) is 0. The van der Waals surface area contributed by atoms with Crippen molar-refractivity contribution in [2.24, 2.45) is 0 Å². The van der Waals surface area contributed by atoms with Gasteiger partial charge >= 0.3 is 0 Å². The molecule has 0 aliphatic carbocycles. The molecule has 0 atom stereocenters. The fraction of sp³-hybridized carbons (Fsp3) is 0.143. The summed E-state index contributed by atoms with van der Waals surface area (Å²) in [6.45, 7) is 0.570. The van der Waals surface area contributed by atoms with Crippen molar-refractivity contribution in [3.8, 4) is 0 Å². The number of rotatable bonds is 3. The van der Waals surface area contributed by atoms with Gasteiger partial charge in [0, 0.05) is 11.5 Å². The molecule has 74 valence electrons. The van der Waals surface area contributed by atoms with Crippen LogP contribution in [0.2, 0.25) is 0 Å². The molecule has 0 fully saturated rings. The average Bonchev–Trinajstić information content (AvgIpc) is 2.72. The maximum Gasteiger partial charge on any atom is 0.233 e. The van der Waals surface area contributed by atoms with Gasteiger partial charge in [0.2, 0.25) is 11.1 Å². The molecule has 0 saturated carbocycles. The number of nitrogen functional groups attached to an aromatic ring is 1. The van der Waals surface area contributed by atoms with Crippen molar-refractivity contribution < 1.29 is 4.42 Å². The van der Waals surface area contributed by atoms with E-state index in [0.717, 1.165) is 5.76 Å². The summed E-state index contributed by atoms with van der Waals surface area (Å²) in [4.78, 5) is 3.95. The average molecular weight is 275 g/mol. The van der Waals surface area contributed by atoms with E-state index in [1.165, 1.54) is 11.5 Å². The summed E-state index contributed by atoms with van der Waals surface area (Å²) >= 11 is 4.45. The second-order valence-corrected chi connectivity index (χ2v) is 4.05. The monoisotopic (exact) mass is 274 g/mol. The smallest absolute Gasteiger partial charge is 0.233 e. The maximum atomic E-state index is 5.37. The van der Waals surface area contributed by atoms with Crippen LogP contribution in [0.5, 0.6) is 0 Å². The minimum atomic E-state index is 0.290. The Morgan fingerprint density at radius 3 is 3.00 bits per heavy atom. The molecule has 0 aromatic carbocycles. The van der Waals surface area contributed by atoms with Gasteiger partial charge in [-0.05, 0) is 28.1 Å². The lowest BCUT2D eigenvalue weighted by Crippen LogP contribution is -1.97. The first-order chi connectivity index (χ1) is 6.74. The van der Waals surface area contributed by atoms with Gasteiger partial charge in [-0.1, -0.05) is 0 Å². The first-order valence-corrected chi connectivity index (χ1v) is 5.38. The van der Waals surface area contributed by atoms with E-state index in [2.05, 4.69) is 30.6 Å². The Labute approximate surface area is 92.6 Å². The Morgan fingerprint density at radius 2 is 2.43 bits per heavy atom. The second-order valence-electron chi connectivity index (χ2n) is 2.52. The predicted molar refractivity (Wildman–Crippen MR) is 58.1 cm³/mol. The van der Waals surface area contributed by atoms with E-state index in [1.54, 1.807) is 0 Å². The van der Waals surface area contributed by atoms with Crippen LogP contribution < -0.4 is 11.1 Å². The number of halogens is 1. The van der Waals surface area contributed by atoms with E-state index >= 15 is 0 Å². The molecule has 0 unspecified atom stereocenters. The fourth-order valence-corrected chi connectivity index (χ4v) is 1.75. The Hall–Kier alpha value is -1.08. The third kappa shape index (κ3) is 2.24. The molecule has 0 radical (unpaired) electrons. The van der Waals surface area contributed by atoms with Gasteiger partial charge < -0.3 is 15.5 Å². The summed E-state index contributed by atoms with van der Waals surface area (Å²) in [6.07, 6.45) is 0. The fourth-order valence-electron chi connectivity index (χ4n) is 0.916. The van der Waals surface area contributed by atoms with Gasteiger partial charge in [0.1, 0.15) is 5.76 Å². The zero-order chi connectivity index (χ0) is 9.97. The Bertz CT molecular complexity index is 387. The molecule has 2 rings (SSSR count). The highest BCUT2D eigenvalue weighted by atomic mass is 79.9. The molecule has 2 aromatic heterocycles. The molecular weight excluding hydrogens is 268 g/mol. The van der Waals surface area contributed by atoms with Crippen molar-refractivity contribution in [2.45, 2.75) is 6.54 Å². The largest absolute Gasteiger partial charge is 0.452 e. The number of nitrogens with one attached hydrogen (secondary N) is 1. The van der Waals surface area contributed by atoms with Crippen LogP contribution in [-0.4, -0.2) is 9.36 Å². The van der Waals surface area contributed by atoms with Crippen molar-refractivity contribution in [3.05, 3.63) is 22.6 Å². The molecule has 0 bridgehead atoms. The molecule has 2 aromatic rings. The molecule has 0 saturated heterocycles. The topological polar surface area (TPSA) is 77.0 Å². The van der Waals surface area contributed by atoms with Crippen LogP contribution in [-0.2, 0) is 6.54 Å². The molecule has 5 nitrogen and oxygen atoms in total. The lowest BCUT2D eigenvalue weighted by atomic mass is 10.4. The highest BCUT2D eigenvalue weighted by Gasteiger charge is 2.02. The minimum Gasteiger partial charge on any atom is -0.452 e. The Morgan fingerprint density at radius 1 is 1.57 bits per heavy atom. The van der Waals surface area contributed by atoms with Gasteiger partial charge in [0.15, 0.2) is 4.67 Å². The number of nitrogens with zero attached hydrogens (tertiary/aromatic N) is 2. The van der Waals surface area contributed by atoms with E-state index in [4.69, 9.17) is 10.2 Å². The summed E-state index contributed by atoms with van der Waals surface area (Å²) in [6, 6.07) is 3.72. The van der Waals surface area contributed by atoms with Crippen LogP contribution in [0.4, 0.5) is 11.1 Å². The first-order valence-electron chi connectivity index (χ1n) is 3.81. The van der Waals surface area contributed by atoms with Crippen molar-refractivity contribution in [2.75, 3.05) is 11.1 Å². The Kier molecular flexibility index (Phi) is 2.69.